The number of nitrogens with one attached hydrogen (secondary N) is 1. The highest BCUT2D eigenvalue weighted by molar-refractivity contribution is 9.10. The van der Waals surface area contributed by atoms with E-state index in [4.69, 9.17) is 5.26 Å². The van der Waals surface area contributed by atoms with E-state index in [1.165, 1.54) is 6.39 Å². The Hall–Kier alpha value is -1.87. The van der Waals surface area contributed by atoms with Crippen LogP contribution in [0.4, 0.5) is 5.69 Å². The van der Waals surface area contributed by atoms with E-state index < -0.39 is 0 Å². The molecule has 1 aromatic carbocycles. The summed E-state index contributed by atoms with van der Waals surface area (Å²) >= 11 is 3.35. The number of nitrogens with zero attached hydrogens (tertiary/aromatic N) is 3. The lowest BCUT2D eigenvalue weighted by Gasteiger charge is -2.05. The lowest BCUT2D eigenvalue weighted by Crippen LogP contribution is -2.06. The average molecular weight is 293 g/mol. The fourth-order valence-corrected chi connectivity index (χ4v) is 1.87. The first kappa shape index (κ1) is 11.6. The zero-order valence-corrected chi connectivity index (χ0v) is 10.4. The van der Waals surface area contributed by atoms with Gasteiger partial charge in [-0.05, 0) is 18.2 Å². The summed E-state index contributed by atoms with van der Waals surface area (Å²) in [5.74, 6) is 0.660. The lowest BCUT2D eigenvalue weighted by atomic mass is 10.2. The second kappa shape index (κ2) is 5.46. The Labute approximate surface area is 107 Å². The fourth-order valence-electron chi connectivity index (χ4n) is 1.38. The first-order valence-corrected chi connectivity index (χ1v) is 5.77. The van der Waals surface area contributed by atoms with Crippen LogP contribution < -0.4 is 5.32 Å². The van der Waals surface area contributed by atoms with Gasteiger partial charge in [-0.25, -0.2) is 0 Å². The van der Waals surface area contributed by atoms with Crippen molar-refractivity contribution in [2.24, 2.45) is 0 Å². The SMILES string of the molecule is N#Cc1cc(Br)cc(NCCc2ncon2)c1. The molecule has 1 heterocycles. The van der Waals surface area contributed by atoms with E-state index in [9.17, 15) is 0 Å². The molecule has 5 nitrogen and oxygen atoms in total. The lowest BCUT2D eigenvalue weighted by molar-refractivity contribution is 0.410. The summed E-state index contributed by atoms with van der Waals surface area (Å²) in [5.41, 5.74) is 1.50. The Morgan fingerprint density at radius 1 is 1.41 bits per heavy atom. The molecule has 6 heteroatoms. The Bertz CT molecular complexity index is 533. The Kier molecular flexibility index (Phi) is 3.73. The minimum atomic E-state index is 0.612. The van der Waals surface area contributed by atoms with Gasteiger partial charge in [-0.15, -0.1) is 0 Å². The highest BCUT2D eigenvalue weighted by Gasteiger charge is 2.00. The number of rotatable bonds is 4. The van der Waals surface area contributed by atoms with E-state index in [1.807, 2.05) is 6.07 Å². The molecule has 2 rings (SSSR count). The van der Waals surface area contributed by atoms with Crippen molar-refractivity contribution in [2.75, 3.05) is 11.9 Å². The van der Waals surface area contributed by atoms with Crippen LogP contribution in [0.1, 0.15) is 11.4 Å². The number of anilines is 1. The normalized spacial score (nSPS) is 9.88. The van der Waals surface area contributed by atoms with Crippen molar-refractivity contribution in [3.63, 3.8) is 0 Å². The highest BCUT2D eigenvalue weighted by atomic mass is 79.9. The maximum atomic E-state index is 8.83. The van der Waals surface area contributed by atoms with Crippen molar-refractivity contribution < 1.29 is 4.52 Å². The zero-order chi connectivity index (χ0) is 12.1. The van der Waals surface area contributed by atoms with Crippen LogP contribution >= 0.6 is 15.9 Å². The molecule has 0 aliphatic carbocycles. The van der Waals surface area contributed by atoms with Gasteiger partial charge in [0, 0.05) is 23.1 Å². The van der Waals surface area contributed by atoms with Crippen molar-refractivity contribution in [2.45, 2.75) is 6.42 Å². The van der Waals surface area contributed by atoms with Crippen molar-refractivity contribution >= 4 is 21.6 Å². The number of benzene rings is 1. The fraction of sp³-hybridized carbons (Fsp3) is 0.182. The summed E-state index contributed by atoms with van der Waals surface area (Å²) in [5, 5.41) is 15.7. The first-order valence-electron chi connectivity index (χ1n) is 4.98. The van der Waals surface area contributed by atoms with E-state index in [0.29, 0.717) is 24.4 Å². The summed E-state index contributed by atoms with van der Waals surface area (Å²) in [4.78, 5) is 3.92. The highest BCUT2D eigenvalue weighted by Crippen LogP contribution is 2.19. The second-order valence-electron chi connectivity index (χ2n) is 3.36. The number of halogens is 1. The van der Waals surface area contributed by atoms with E-state index in [2.05, 4.69) is 42.0 Å². The quantitative estimate of drug-likeness (QED) is 0.936. The van der Waals surface area contributed by atoms with Gasteiger partial charge in [-0.3, -0.25) is 0 Å². The maximum Gasteiger partial charge on any atom is 0.213 e. The van der Waals surface area contributed by atoms with Gasteiger partial charge in [0.15, 0.2) is 5.82 Å². The Morgan fingerprint density at radius 3 is 3.00 bits per heavy atom. The van der Waals surface area contributed by atoms with Crippen LogP contribution in [0.25, 0.3) is 0 Å². The molecule has 0 aliphatic heterocycles. The average Bonchev–Trinajstić information content (AvgIpc) is 2.81. The van der Waals surface area contributed by atoms with Gasteiger partial charge in [-0.1, -0.05) is 21.1 Å². The summed E-state index contributed by atoms with van der Waals surface area (Å²) in [6.07, 6.45) is 1.98. The van der Waals surface area contributed by atoms with Gasteiger partial charge in [0.25, 0.3) is 0 Å². The number of nitriles is 1. The predicted molar refractivity (Wildman–Crippen MR) is 65.3 cm³/mol. The molecule has 0 radical (unpaired) electrons. The standard InChI is InChI=1S/C11H9BrN4O/c12-9-3-8(6-13)4-10(5-9)14-2-1-11-15-7-17-16-11/h3-5,7,14H,1-2H2. The monoisotopic (exact) mass is 292 g/mol. The summed E-state index contributed by atoms with van der Waals surface area (Å²) in [6, 6.07) is 7.58. The minimum Gasteiger partial charge on any atom is -0.385 e. The molecule has 2 aromatic rings. The summed E-state index contributed by atoms with van der Waals surface area (Å²) in [6.45, 7) is 0.681. The number of hydrogen-bond donors (Lipinski definition) is 1. The zero-order valence-electron chi connectivity index (χ0n) is 8.85. The molecule has 0 saturated carbocycles. The van der Waals surface area contributed by atoms with Crippen LogP contribution in [-0.4, -0.2) is 16.7 Å². The van der Waals surface area contributed by atoms with Crippen molar-refractivity contribution in [3.8, 4) is 6.07 Å². The molecule has 0 fully saturated rings. The van der Waals surface area contributed by atoms with E-state index in [-0.39, 0.29) is 0 Å². The van der Waals surface area contributed by atoms with Crippen LogP contribution in [0.15, 0.2) is 33.6 Å². The molecular formula is C11H9BrN4O. The molecule has 0 bridgehead atoms. The van der Waals surface area contributed by atoms with E-state index in [1.54, 1.807) is 12.1 Å². The molecule has 0 unspecified atom stereocenters. The summed E-state index contributed by atoms with van der Waals surface area (Å²) in [7, 11) is 0. The van der Waals surface area contributed by atoms with Gasteiger partial charge in [-0.2, -0.15) is 10.2 Å². The van der Waals surface area contributed by atoms with Gasteiger partial charge in [0.2, 0.25) is 6.39 Å². The third-order valence-electron chi connectivity index (χ3n) is 2.11. The topological polar surface area (TPSA) is 74.7 Å². The van der Waals surface area contributed by atoms with Crippen LogP contribution in [0.5, 0.6) is 0 Å². The van der Waals surface area contributed by atoms with Crippen molar-refractivity contribution in [1.29, 1.82) is 5.26 Å². The second-order valence-corrected chi connectivity index (χ2v) is 4.28. The van der Waals surface area contributed by atoms with Gasteiger partial charge >= 0.3 is 0 Å². The van der Waals surface area contributed by atoms with Gasteiger partial charge in [0.1, 0.15) is 0 Å². The summed E-state index contributed by atoms with van der Waals surface area (Å²) < 4.78 is 5.51. The van der Waals surface area contributed by atoms with Crippen molar-refractivity contribution in [1.82, 2.24) is 10.1 Å². The van der Waals surface area contributed by atoms with Crippen LogP contribution in [0.2, 0.25) is 0 Å². The minimum absolute atomic E-state index is 0.612. The smallest absolute Gasteiger partial charge is 0.213 e. The van der Waals surface area contributed by atoms with Crippen LogP contribution in [-0.2, 0) is 6.42 Å². The van der Waals surface area contributed by atoms with Crippen LogP contribution in [0.3, 0.4) is 0 Å². The van der Waals surface area contributed by atoms with E-state index >= 15 is 0 Å². The van der Waals surface area contributed by atoms with Gasteiger partial charge in [0.05, 0.1) is 11.6 Å². The van der Waals surface area contributed by atoms with Crippen molar-refractivity contribution in [3.05, 3.63) is 40.5 Å². The largest absolute Gasteiger partial charge is 0.385 e. The molecule has 1 N–H and O–H groups in total. The van der Waals surface area contributed by atoms with Gasteiger partial charge < -0.3 is 9.84 Å². The molecule has 86 valence electrons. The molecule has 1 aromatic heterocycles. The molecule has 0 aliphatic rings. The molecule has 17 heavy (non-hydrogen) atoms. The third-order valence-corrected chi connectivity index (χ3v) is 2.57. The maximum absolute atomic E-state index is 8.83. The molecule has 0 saturated heterocycles. The molecule has 0 atom stereocenters. The molecule has 0 amide bonds. The van der Waals surface area contributed by atoms with Crippen LogP contribution in [0, 0.1) is 11.3 Å². The predicted octanol–water partition coefficient (Wildman–Crippen LogP) is 2.36. The number of aromatic nitrogens is 2. The number of hydrogen-bond acceptors (Lipinski definition) is 5. The molecule has 0 spiro atoms. The third kappa shape index (κ3) is 3.29. The Morgan fingerprint density at radius 2 is 2.29 bits per heavy atom. The molecular weight excluding hydrogens is 284 g/mol. The Balaban J connectivity index is 1.95. The first-order chi connectivity index (χ1) is 8.28. The van der Waals surface area contributed by atoms with E-state index in [0.717, 1.165) is 10.2 Å².